The first kappa shape index (κ1) is 16.0. The van der Waals surface area contributed by atoms with E-state index in [0.29, 0.717) is 13.1 Å². The molecule has 0 radical (unpaired) electrons. The third-order valence-electron chi connectivity index (χ3n) is 3.08. The molecular weight excluding hydrogens is 244 g/mol. The summed E-state index contributed by atoms with van der Waals surface area (Å²) >= 11 is 0. The smallest absolute Gasteiger partial charge is 0.320 e. The Balaban J connectivity index is 2.30. The Bertz CT molecular complexity index is 315. The van der Waals surface area contributed by atoms with Gasteiger partial charge in [-0.3, -0.25) is 14.5 Å². The fourth-order valence-corrected chi connectivity index (χ4v) is 2.23. The summed E-state index contributed by atoms with van der Waals surface area (Å²) in [5.74, 6) is 0.0400. The van der Waals surface area contributed by atoms with E-state index in [-0.39, 0.29) is 17.8 Å². The number of rotatable bonds is 4. The van der Waals surface area contributed by atoms with Crippen molar-refractivity contribution in [3.05, 3.63) is 0 Å². The monoisotopic (exact) mass is 270 g/mol. The van der Waals surface area contributed by atoms with Crippen LogP contribution in [0.1, 0.15) is 40.5 Å². The summed E-state index contributed by atoms with van der Waals surface area (Å²) in [5, 5.41) is 2.85. The van der Waals surface area contributed by atoms with E-state index >= 15 is 0 Å². The molecule has 0 saturated carbocycles. The summed E-state index contributed by atoms with van der Waals surface area (Å²) in [6.07, 6.45) is 1.63. The average Bonchev–Trinajstić information content (AvgIpc) is 2.27. The van der Waals surface area contributed by atoms with Gasteiger partial charge >= 0.3 is 5.97 Å². The molecule has 5 heteroatoms. The summed E-state index contributed by atoms with van der Waals surface area (Å²) < 4.78 is 5.29. The molecule has 5 nitrogen and oxygen atoms in total. The molecular formula is C14H26N2O3. The largest absolute Gasteiger partial charge is 0.459 e. The number of nitrogens with one attached hydrogen (secondary N) is 1. The Morgan fingerprint density at radius 2 is 1.84 bits per heavy atom. The topological polar surface area (TPSA) is 58.6 Å². The van der Waals surface area contributed by atoms with Crippen molar-refractivity contribution >= 4 is 11.9 Å². The third kappa shape index (κ3) is 6.05. The van der Waals surface area contributed by atoms with Crippen molar-refractivity contribution in [3.63, 3.8) is 0 Å². The molecule has 1 amide bonds. The number of nitrogens with zero attached hydrogens (tertiary/aromatic N) is 1. The van der Waals surface area contributed by atoms with Crippen molar-refractivity contribution in [2.24, 2.45) is 5.92 Å². The van der Waals surface area contributed by atoms with E-state index in [4.69, 9.17) is 4.74 Å². The van der Waals surface area contributed by atoms with Gasteiger partial charge in [0.1, 0.15) is 5.60 Å². The molecule has 1 N–H and O–H groups in total. The van der Waals surface area contributed by atoms with Crippen LogP contribution in [0.25, 0.3) is 0 Å². The van der Waals surface area contributed by atoms with Crippen LogP contribution in [0.2, 0.25) is 0 Å². The number of amides is 1. The first-order valence-electron chi connectivity index (χ1n) is 7.03. The molecule has 1 rings (SSSR count). The van der Waals surface area contributed by atoms with Gasteiger partial charge in [0.15, 0.2) is 0 Å². The summed E-state index contributed by atoms with van der Waals surface area (Å²) in [4.78, 5) is 25.5. The summed E-state index contributed by atoms with van der Waals surface area (Å²) in [6, 6.07) is 0. The summed E-state index contributed by atoms with van der Waals surface area (Å²) in [7, 11) is 0. The van der Waals surface area contributed by atoms with Crippen LogP contribution in [0.5, 0.6) is 0 Å². The predicted octanol–water partition coefficient (Wildman–Crippen LogP) is 1.18. The fraction of sp³-hybridized carbons (Fsp3) is 0.857. The fourth-order valence-electron chi connectivity index (χ4n) is 2.23. The summed E-state index contributed by atoms with van der Waals surface area (Å²) in [6.45, 7) is 10.1. The van der Waals surface area contributed by atoms with Gasteiger partial charge in [0.05, 0.1) is 6.54 Å². The second-order valence-electron chi connectivity index (χ2n) is 6.03. The van der Waals surface area contributed by atoms with Crippen molar-refractivity contribution in [1.82, 2.24) is 10.2 Å². The number of ether oxygens (including phenoxy) is 1. The molecule has 0 spiro atoms. The lowest BCUT2D eigenvalue weighted by molar-refractivity contribution is -0.156. The van der Waals surface area contributed by atoms with Crippen molar-refractivity contribution in [2.75, 3.05) is 26.2 Å². The number of esters is 1. The van der Waals surface area contributed by atoms with Gasteiger partial charge < -0.3 is 10.1 Å². The lowest BCUT2D eigenvalue weighted by Gasteiger charge is -2.31. The third-order valence-corrected chi connectivity index (χ3v) is 3.08. The van der Waals surface area contributed by atoms with Gasteiger partial charge in [0.25, 0.3) is 0 Å². The average molecular weight is 270 g/mol. The number of piperidine rings is 1. The van der Waals surface area contributed by atoms with E-state index in [2.05, 4.69) is 10.2 Å². The number of carbonyl (C=O) groups excluding carboxylic acids is 2. The maximum Gasteiger partial charge on any atom is 0.320 e. The Morgan fingerprint density at radius 3 is 2.32 bits per heavy atom. The highest BCUT2D eigenvalue weighted by molar-refractivity contribution is 5.78. The molecule has 0 atom stereocenters. The Morgan fingerprint density at radius 1 is 1.26 bits per heavy atom. The van der Waals surface area contributed by atoms with Crippen LogP contribution in [-0.4, -0.2) is 48.6 Å². The minimum atomic E-state index is -0.434. The normalized spacial score (nSPS) is 18.1. The van der Waals surface area contributed by atoms with Crippen molar-refractivity contribution < 1.29 is 14.3 Å². The number of hydrogen-bond acceptors (Lipinski definition) is 4. The predicted molar refractivity (Wildman–Crippen MR) is 73.7 cm³/mol. The maximum absolute atomic E-state index is 11.7. The zero-order chi connectivity index (χ0) is 14.5. The maximum atomic E-state index is 11.7. The zero-order valence-corrected chi connectivity index (χ0v) is 12.5. The zero-order valence-electron chi connectivity index (χ0n) is 12.5. The standard InChI is InChI=1S/C14H26N2O3/c1-5-15-13(18)11-6-8-16(9-7-11)10-12(17)19-14(2,3)4/h11H,5-10H2,1-4H3,(H,15,18). The molecule has 1 aliphatic heterocycles. The molecule has 19 heavy (non-hydrogen) atoms. The molecule has 0 bridgehead atoms. The molecule has 0 aliphatic carbocycles. The van der Waals surface area contributed by atoms with Gasteiger partial charge in [0.2, 0.25) is 5.91 Å². The van der Waals surface area contributed by atoms with E-state index in [1.165, 1.54) is 0 Å². The molecule has 1 fully saturated rings. The molecule has 0 aromatic rings. The number of likely N-dealkylation sites (tertiary alicyclic amines) is 1. The van der Waals surface area contributed by atoms with Crippen molar-refractivity contribution in [3.8, 4) is 0 Å². The van der Waals surface area contributed by atoms with Gasteiger partial charge in [-0.25, -0.2) is 0 Å². The highest BCUT2D eigenvalue weighted by Gasteiger charge is 2.26. The van der Waals surface area contributed by atoms with Crippen LogP contribution in [-0.2, 0) is 14.3 Å². The van der Waals surface area contributed by atoms with E-state index < -0.39 is 5.60 Å². The van der Waals surface area contributed by atoms with Crippen LogP contribution in [0.3, 0.4) is 0 Å². The molecule has 0 aromatic carbocycles. The van der Waals surface area contributed by atoms with Gasteiger partial charge in [-0.2, -0.15) is 0 Å². The van der Waals surface area contributed by atoms with Crippen LogP contribution in [0, 0.1) is 5.92 Å². The lowest BCUT2D eigenvalue weighted by Crippen LogP contribution is -2.43. The van der Waals surface area contributed by atoms with E-state index in [1.807, 2.05) is 27.7 Å². The molecule has 1 aliphatic rings. The van der Waals surface area contributed by atoms with E-state index in [0.717, 1.165) is 25.9 Å². The molecule has 0 unspecified atom stereocenters. The second-order valence-corrected chi connectivity index (χ2v) is 6.03. The highest BCUT2D eigenvalue weighted by Crippen LogP contribution is 2.17. The van der Waals surface area contributed by atoms with Crippen LogP contribution < -0.4 is 5.32 Å². The molecule has 0 aromatic heterocycles. The minimum absolute atomic E-state index is 0.0924. The Hall–Kier alpha value is -1.10. The van der Waals surface area contributed by atoms with Gasteiger partial charge in [-0.1, -0.05) is 0 Å². The van der Waals surface area contributed by atoms with Crippen molar-refractivity contribution in [1.29, 1.82) is 0 Å². The molecule has 110 valence electrons. The van der Waals surface area contributed by atoms with Crippen molar-refractivity contribution in [2.45, 2.75) is 46.1 Å². The van der Waals surface area contributed by atoms with Crippen LogP contribution in [0.15, 0.2) is 0 Å². The van der Waals surface area contributed by atoms with Gasteiger partial charge in [-0.15, -0.1) is 0 Å². The molecule has 1 saturated heterocycles. The quantitative estimate of drug-likeness (QED) is 0.779. The van der Waals surface area contributed by atoms with E-state index in [1.54, 1.807) is 0 Å². The summed E-state index contributed by atoms with van der Waals surface area (Å²) in [5.41, 5.74) is -0.434. The first-order valence-corrected chi connectivity index (χ1v) is 7.03. The molecule has 1 heterocycles. The van der Waals surface area contributed by atoms with Crippen LogP contribution >= 0.6 is 0 Å². The Labute approximate surface area is 115 Å². The van der Waals surface area contributed by atoms with Gasteiger partial charge in [0, 0.05) is 12.5 Å². The van der Waals surface area contributed by atoms with E-state index in [9.17, 15) is 9.59 Å². The first-order chi connectivity index (χ1) is 8.81. The highest BCUT2D eigenvalue weighted by atomic mass is 16.6. The minimum Gasteiger partial charge on any atom is -0.459 e. The SMILES string of the molecule is CCNC(=O)C1CCN(CC(=O)OC(C)(C)C)CC1. The Kier molecular flexibility index (Phi) is 5.79. The van der Waals surface area contributed by atoms with Crippen LogP contribution in [0.4, 0.5) is 0 Å². The number of hydrogen-bond donors (Lipinski definition) is 1. The second kappa shape index (κ2) is 6.89. The number of carbonyl (C=O) groups is 2. The van der Waals surface area contributed by atoms with Gasteiger partial charge in [-0.05, 0) is 53.6 Å². The lowest BCUT2D eigenvalue weighted by atomic mass is 9.96.